The van der Waals surface area contributed by atoms with Crippen LogP contribution in [0.5, 0.6) is 0 Å². The molecule has 0 atom stereocenters. The molecule has 5 nitrogen and oxygen atoms in total. The first-order valence-electron chi connectivity index (χ1n) is 8.17. The van der Waals surface area contributed by atoms with Crippen molar-refractivity contribution in [3.8, 4) is 6.07 Å². The molecule has 0 fully saturated rings. The van der Waals surface area contributed by atoms with Crippen LogP contribution in [0.15, 0.2) is 64.3 Å². The molecule has 0 bridgehead atoms. The van der Waals surface area contributed by atoms with Crippen LogP contribution in [-0.2, 0) is 11.3 Å². The molecular formula is C20H17N3O2S. The monoisotopic (exact) mass is 363 g/mol. The van der Waals surface area contributed by atoms with Gasteiger partial charge in [0.15, 0.2) is 0 Å². The van der Waals surface area contributed by atoms with Crippen molar-refractivity contribution in [2.45, 2.75) is 18.4 Å². The molecule has 0 radical (unpaired) electrons. The first-order chi connectivity index (χ1) is 12.6. The van der Waals surface area contributed by atoms with Crippen molar-refractivity contribution in [3.05, 3.63) is 70.5 Å². The Morgan fingerprint density at radius 1 is 1.19 bits per heavy atom. The molecule has 0 saturated carbocycles. The van der Waals surface area contributed by atoms with E-state index in [1.54, 1.807) is 34.9 Å². The van der Waals surface area contributed by atoms with Crippen LogP contribution in [0.25, 0.3) is 10.9 Å². The summed E-state index contributed by atoms with van der Waals surface area (Å²) in [6, 6.07) is 18.1. The highest BCUT2D eigenvalue weighted by Crippen LogP contribution is 2.26. The number of carbonyl (C=O) groups excluding carboxylic acids is 1. The Kier molecular flexibility index (Phi) is 5.40. The first kappa shape index (κ1) is 17.8. The van der Waals surface area contributed by atoms with Crippen molar-refractivity contribution < 1.29 is 4.79 Å². The summed E-state index contributed by atoms with van der Waals surface area (Å²) in [5, 5.41) is 12.7. The van der Waals surface area contributed by atoms with Crippen LogP contribution in [0.4, 0.5) is 5.69 Å². The number of anilines is 1. The van der Waals surface area contributed by atoms with Crippen molar-refractivity contribution >= 4 is 34.3 Å². The van der Waals surface area contributed by atoms with Gasteiger partial charge in [-0.15, -0.1) is 11.8 Å². The first-order valence-corrected chi connectivity index (χ1v) is 9.16. The lowest BCUT2D eigenvalue weighted by Crippen LogP contribution is -2.19. The fraction of sp³-hybridized carbons (Fsp3) is 0.150. The van der Waals surface area contributed by atoms with Crippen molar-refractivity contribution in [1.82, 2.24) is 4.57 Å². The number of benzene rings is 2. The van der Waals surface area contributed by atoms with Crippen LogP contribution < -0.4 is 10.9 Å². The average Bonchev–Trinajstić information content (AvgIpc) is 2.66. The Labute approximate surface area is 155 Å². The number of para-hydroxylation sites is 1. The standard InChI is InChI=1S/C20H17N3O2S/c1-2-23-17-9-4-3-8-16(17)18(11-20(23)25)26-13-19(24)22-15-7-5-6-14(10-15)12-21/h3-11H,2,13H2,1H3,(H,22,24). The smallest absolute Gasteiger partial charge is 0.252 e. The molecule has 6 heteroatoms. The minimum absolute atomic E-state index is 0.0733. The van der Waals surface area contributed by atoms with Gasteiger partial charge in [0, 0.05) is 28.6 Å². The lowest BCUT2D eigenvalue weighted by atomic mass is 10.2. The molecule has 0 aliphatic carbocycles. The number of hydrogen-bond acceptors (Lipinski definition) is 4. The maximum absolute atomic E-state index is 12.3. The van der Waals surface area contributed by atoms with Gasteiger partial charge in [-0.1, -0.05) is 24.3 Å². The third-order valence-electron chi connectivity index (χ3n) is 3.93. The number of carbonyl (C=O) groups is 1. The lowest BCUT2D eigenvalue weighted by Gasteiger charge is -2.11. The van der Waals surface area contributed by atoms with Crippen LogP contribution in [0, 0.1) is 11.3 Å². The molecule has 1 heterocycles. The number of nitriles is 1. The second-order valence-corrected chi connectivity index (χ2v) is 6.65. The zero-order valence-corrected chi connectivity index (χ0v) is 15.0. The number of hydrogen-bond donors (Lipinski definition) is 1. The zero-order valence-electron chi connectivity index (χ0n) is 14.2. The molecule has 1 amide bonds. The quantitative estimate of drug-likeness (QED) is 0.703. The number of aromatic nitrogens is 1. The molecule has 2 aromatic carbocycles. The number of rotatable bonds is 5. The topological polar surface area (TPSA) is 74.9 Å². The molecule has 3 aromatic rings. The summed E-state index contributed by atoms with van der Waals surface area (Å²) in [7, 11) is 0. The van der Waals surface area contributed by atoms with E-state index in [1.165, 1.54) is 11.8 Å². The zero-order chi connectivity index (χ0) is 18.5. The second-order valence-electron chi connectivity index (χ2n) is 5.64. The fourth-order valence-electron chi connectivity index (χ4n) is 2.76. The minimum Gasteiger partial charge on any atom is -0.325 e. The molecule has 0 saturated heterocycles. The van der Waals surface area contributed by atoms with E-state index in [0.29, 0.717) is 17.8 Å². The van der Waals surface area contributed by atoms with E-state index in [9.17, 15) is 9.59 Å². The van der Waals surface area contributed by atoms with Gasteiger partial charge in [-0.3, -0.25) is 9.59 Å². The summed E-state index contributed by atoms with van der Waals surface area (Å²) >= 11 is 1.33. The van der Waals surface area contributed by atoms with Gasteiger partial charge in [-0.05, 0) is 31.2 Å². The highest BCUT2D eigenvalue weighted by molar-refractivity contribution is 8.00. The molecule has 0 aliphatic rings. The number of aryl methyl sites for hydroxylation is 1. The number of nitrogens with one attached hydrogen (secondary N) is 1. The van der Waals surface area contributed by atoms with E-state index in [1.807, 2.05) is 37.3 Å². The Morgan fingerprint density at radius 3 is 2.77 bits per heavy atom. The number of fused-ring (bicyclic) bond motifs is 1. The Balaban J connectivity index is 1.78. The van der Waals surface area contributed by atoms with Gasteiger partial charge in [-0.25, -0.2) is 0 Å². The summed E-state index contributed by atoms with van der Waals surface area (Å²) < 4.78 is 1.72. The van der Waals surface area contributed by atoms with Gasteiger partial charge >= 0.3 is 0 Å². The molecule has 1 N–H and O–H groups in total. The van der Waals surface area contributed by atoms with E-state index >= 15 is 0 Å². The Bertz CT molecular complexity index is 1070. The van der Waals surface area contributed by atoms with E-state index < -0.39 is 0 Å². The van der Waals surface area contributed by atoms with Crippen molar-refractivity contribution in [1.29, 1.82) is 5.26 Å². The van der Waals surface area contributed by atoms with E-state index in [4.69, 9.17) is 5.26 Å². The van der Waals surface area contributed by atoms with Gasteiger partial charge < -0.3 is 9.88 Å². The third-order valence-corrected chi connectivity index (χ3v) is 4.99. The van der Waals surface area contributed by atoms with Crippen LogP contribution in [0.3, 0.4) is 0 Å². The maximum Gasteiger partial charge on any atom is 0.252 e. The van der Waals surface area contributed by atoms with Crippen LogP contribution in [0.1, 0.15) is 12.5 Å². The fourth-order valence-corrected chi connectivity index (χ4v) is 3.63. The Hall–Kier alpha value is -3.04. The van der Waals surface area contributed by atoms with E-state index in [-0.39, 0.29) is 17.2 Å². The molecule has 130 valence electrons. The SMILES string of the molecule is CCn1c(=O)cc(SCC(=O)Nc2cccc(C#N)c2)c2ccccc21. The largest absolute Gasteiger partial charge is 0.325 e. The van der Waals surface area contributed by atoms with Gasteiger partial charge in [-0.2, -0.15) is 5.26 Å². The molecule has 1 aromatic heterocycles. The van der Waals surface area contributed by atoms with Crippen LogP contribution in [-0.4, -0.2) is 16.2 Å². The van der Waals surface area contributed by atoms with Crippen LogP contribution >= 0.6 is 11.8 Å². The molecule has 0 aliphatic heterocycles. The normalized spacial score (nSPS) is 10.5. The lowest BCUT2D eigenvalue weighted by molar-refractivity contribution is -0.113. The van der Waals surface area contributed by atoms with E-state index in [2.05, 4.69) is 5.32 Å². The van der Waals surface area contributed by atoms with Crippen molar-refractivity contribution in [2.24, 2.45) is 0 Å². The highest BCUT2D eigenvalue weighted by atomic mass is 32.2. The predicted molar refractivity (Wildman–Crippen MR) is 104 cm³/mol. The molecule has 0 spiro atoms. The van der Waals surface area contributed by atoms with Gasteiger partial charge in [0.25, 0.3) is 5.56 Å². The summed E-state index contributed by atoms with van der Waals surface area (Å²) in [5.41, 5.74) is 1.87. The number of thioether (sulfide) groups is 1. The number of nitrogens with zero attached hydrogens (tertiary/aromatic N) is 2. The summed E-state index contributed by atoms with van der Waals surface area (Å²) in [6.45, 7) is 2.53. The average molecular weight is 363 g/mol. The Morgan fingerprint density at radius 2 is 2.00 bits per heavy atom. The van der Waals surface area contributed by atoms with Gasteiger partial charge in [0.05, 0.1) is 22.9 Å². The summed E-state index contributed by atoms with van der Waals surface area (Å²) in [4.78, 5) is 25.3. The second kappa shape index (κ2) is 7.89. The van der Waals surface area contributed by atoms with Crippen LogP contribution in [0.2, 0.25) is 0 Å². The molecular weight excluding hydrogens is 346 g/mol. The minimum atomic E-state index is -0.186. The van der Waals surface area contributed by atoms with Crippen molar-refractivity contribution in [3.63, 3.8) is 0 Å². The predicted octanol–water partition coefficient (Wildman–Crippen LogP) is 3.62. The highest BCUT2D eigenvalue weighted by Gasteiger charge is 2.10. The van der Waals surface area contributed by atoms with Gasteiger partial charge in [0.2, 0.25) is 5.91 Å². The van der Waals surface area contributed by atoms with E-state index in [0.717, 1.165) is 15.8 Å². The third kappa shape index (κ3) is 3.79. The number of amides is 1. The molecule has 26 heavy (non-hydrogen) atoms. The summed E-state index contributed by atoms with van der Waals surface area (Å²) in [5.74, 6) is -0.00932. The van der Waals surface area contributed by atoms with Gasteiger partial charge in [0.1, 0.15) is 0 Å². The number of pyridine rings is 1. The summed E-state index contributed by atoms with van der Waals surface area (Å²) in [6.07, 6.45) is 0. The molecule has 0 unspecified atom stereocenters. The molecule has 3 rings (SSSR count). The van der Waals surface area contributed by atoms with Crippen molar-refractivity contribution in [2.75, 3.05) is 11.1 Å². The maximum atomic E-state index is 12.3.